The van der Waals surface area contributed by atoms with E-state index in [1.807, 2.05) is 0 Å². The minimum atomic E-state index is -0.582. The molecule has 4 N–H and O–H groups in total. The maximum Gasteiger partial charge on any atom is 0.200 e. The minimum absolute atomic E-state index is 0.0238. The first-order chi connectivity index (χ1) is 8.99. The number of hydrogen-bond acceptors (Lipinski definition) is 4. The van der Waals surface area contributed by atoms with E-state index in [1.165, 1.54) is 24.3 Å². The Morgan fingerprint density at radius 1 is 1.05 bits per heavy atom. The highest BCUT2D eigenvalue weighted by molar-refractivity contribution is 6.30. The van der Waals surface area contributed by atoms with E-state index in [9.17, 15) is 19.7 Å². The van der Waals surface area contributed by atoms with E-state index in [1.54, 1.807) is 6.07 Å². The molecule has 0 spiro atoms. The Morgan fingerprint density at radius 3 is 2.47 bits per heavy atom. The fourth-order valence-electron chi connectivity index (χ4n) is 1.56. The van der Waals surface area contributed by atoms with Crippen LogP contribution in [0.4, 0.5) is 10.1 Å². The Balaban J connectivity index is 2.14. The second-order valence-electron chi connectivity index (χ2n) is 3.92. The molecule has 0 aromatic heterocycles. The fourth-order valence-corrected chi connectivity index (χ4v) is 1.67. The lowest BCUT2D eigenvalue weighted by molar-refractivity contribution is 0.365. The summed E-state index contributed by atoms with van der Waals surface area (Å²) in [5.41, 5.74) is 0.847. The van der Waals surface area contributed by atoms with Gasteiger partial charge >= 0.3 is 0 Å². The second-order valence-corrected chi connectivity index (χ2v) is 4.33. The van der Waals surface area contributed by atoms with Gasteiger partial charge in [-0.05, 0) is 30.3 Å². The van der Waals surface area contributed by atoms with Crippen LogP contribution < -0.4 is 5.32 Å². The summed E-state index contributed by atoms with van der Waals surface area (Å²) in [6.07, 6.45) is 0. The molecule has 2 aromatic rings. The molecule has 19 heavy (non-hydrogen) atoms. The van der Waals surface area contributed by atoms with Crippen molar-refractivity contribution in [3.8, 4) is 17.2 Å². The normalized spacial score (nSPS) is 10.4. The van der Waals surface area contributed by atoms with E-state index in [0.29, 0.717) is 11.3 Å². The number of hydrogen-bond donors (Lipinski definition) is 4. The smallest absolute Gasteiger partial charge is 0.200 e. The standard InChI is InChI=1S/C13H11ClFNO3/c14-9-3-2-8(5-10(9)15)16-6-7-1-4-11(17)13(19)12(7)18/h1-5,16-19H,6H2. The van der Waals surface area contributed by atoms with Crippen LogP contribution in [0.25, 0.3) is 0 Å². The Labute approximate surface area is 113 Å². The van der Waals surface area contributed by atoms with Crippen LogP contribution in [-0.2, 0) is 6.54 Å². The van der Waals surface area contributed by atoms with Crippen LogP contribution in [0.2, 0.25) is 5.02 Å². The largest absolute Gasteiger partial charge is 0.504 e. The second kappa shape index (κ2) is 5.24. The van der Waals surface area contributed by atoms with Crippen LogP contribution in [0.3, 0.4) is 0 Å². The quantitative estimate of drug-likeness (QED) is 0.653. The number of aromatic hydroxyl groups is 3. The molecular formula is C13H11ClFNO3. The lowest BCUT2D eigenvalue weighted by Gasteiger charge is -2.10. The summed E-state index contributed by atoms with van der Waals surface area (Å²) in [5.74, 6) is -1.95. The van der Waals surface area contributed by atoms with E-state index in [2.05, 4.69) is 5.32 Å². The lowest BCUT2D eigenvalue weighted by Crippen LogP contribution is -2.00. The Morgan fingerprint density at radius 2 is 1.79 bits per heavy atom. The van der Waals surface area contributed by atoms with Gasteiger partial charge in [0, 0.05) is 17.8 Å². The van der Waals surface area contributed by atoms with Crippen LogP contribution in [-0.4, -0.2) is 15.3 Å². The van der Waals surface area contributed by atoms with E-state index in [4.69, 9.17) is 11.6 Å². The van der Waals surface area contributed by atoms with Crippen molar-refractivity contribution in [3.05, 3.63) is 46.7 Å². The van der Waals surface area contributed by atoms with Gasteiger partial charge in [0.15, 0.2) is 11.5 Å². The number of nitrogens with one attached hydrogen (secondary N) is 1. The molecule has 0 aliphatic carbocycles. The molecule has 0 unspecified atom stereocenters. The summed E-state index contributed by atoms with van der Waals surface area (Å²) in [6.45, 7) is 0.154. The van der Waals surface area contributed by atoms with Crippen molar-refractivity contribution >= 4 is 17.3 Å². The minimum Gasteiger partial charge on any atom is -0.504 e. The predicted octanol–water partition coefficient (Wildman–Crippen LogP) is 3.21. The Bertz CT molecular complexity index is 619. The van der Waals surface area contributed by atoms with E-state index < -0.39 is 23.1 Å². The number of rotatable bonds is 3. The van der Waals surface area contributed by atoms with Crippen molar-refractivity contribution in [3.63, 3.8) is 0 Å². The van der Waals surface area contributed by atoms with Gasteiger partial charge in [0.2, 0.25) is 5.75 Å². The van der Waals surface area contributed by atoms with Crippen LogP contribution in [0.5, 0.6) is 17.2 Å². The highest BCUT2D eigenvalue weighted by Crippen LogP contribution is 2.37. The molecule has 0 radical (unpaired) electrons. The van der Waals surface area contributed by atoms with Crippen molar-refractivity contribution in [1.82, 2.24) is 0 Å². The van der Waals surface area contributed by atoms with E-state index in [-0.39, 0.29) is 11.6 Å². The summed E-state index contributed by atoms with van der Waals surface area (Å²) < 4.78 is 13.2. The van der Waals surface area contributed by atoms with Gasteiger partial charge in [-0.1, -0.05) is 11.6 Å². The van der Waals surface area contributed by atoms with Crippen LogP contribution in [0, 0.1) is 5.82 Å². The molecule has 0 amide bonds. The fraction of sp³-hybridized carbons (Fsp3) is 0.0769. The first-order valence-corrected chi connectivity index (χ1v) is 5.78. The topological polar surface area (TPSA) is 72.7 Å². The maximum absolute atomic E-state index is 13.2. The van der Waals surface area contributed by atoms with E-state index in [0.717, 1.165) is 0 Å². The molecule has 0 saturated carbocycles. The summed E-state index contributed by atoms with van der Waals surface area (Å²) in [6, 6.07) is 6.92. The number of phenols is 3. The van der Waals surface area contributed by atoms with Crippen molar-refractivity contribution in [1.29, 1.82) is 0 Å². The maximum atomic E-state index is 13.2. The van der Waals surface area contributed by atoms with E-state index >= 15 is 0 Å². The molecule has 0 saturated heterocycles. The first kappa shape index (κ1) is 13.3. The zero-order chi connectivity index (χ0) is 14.0. The molecule has 6 heteroatoms. The molecule has 4 nitrogen and oxygen atoms in total. The van der Waals surface area contributed by atoms with Gasteiger partial charge in [0.1, 0.15) is 5.82 Å². The summed E-state index contributed by atoms with van der Waals surface area (Å²) in [4.78, 5) is 0. The van der Waals surface area contributed by atoms with Crippen molar-refractivity contribution < 1.29 is 19.7 Å². The third-order valence-electron chi connectivity index (χ3n) is 2.62. The van der Waals surface area contributed by atoms with Gasteiger partial charge < -0.3 is 20.6 Å². The average molecular weight is 284 g/mol. The number of phenolic OH excluding ortho intramolecular Hbond substituents is 3. The third-order valence-corrected chi connectivity index (χ3v) is 2.92. The molecule has 0 bridgehead atoms. The first-order valence-electron chi connectivity index (χ1n) is 5.40. The Kier molecular flexibility index (Phi) is 3.66. The average Bonchev–Trinajstić information content (AvgIpc) is 2.39. The molecular weight excluding hydrogens is 273 g/mol. The summed E-state index contributed by atoms with van der Waals surface area (Å²) in [5, 5.41) is 31.0. The number of halogens is 2. The van der Waals surface area contributed by atoms with Crippen LogP contribution >= 0.6 is 11.6 Å². The van der Waals surface area contributed by atoms with Crippen LogP contribution in [0.1, 0.15) is 5.56 Å². The van der Waals surface area contributed by atoms with Gasteiger partial charge in [0.05, 0.1) is 5.02 Å². The van der Waals surface area contributed by atoms with Crippen molar-refractivity contribution in [2.24, 2.45) is 0 Å². The van der Waals surface area contributed by atoms with Gasteiger partial charge in [0.25, 0.3) is 0 Å². The zero-order valence-electron chi connectivity index (χ0n) is 9.69. The predicted molar refractivity (Wildman–Crippen MR) is 70.2 cm³/mol. The molecule has 0 heterocycles. The van der Waals surface area contributed by atoms with Gasteiger partial charge in [-0.2, -0.15) is 0 Å². The van der Waals surface area contributed by atoms with Gasteiger partial charge in [-0.25, -0.2) is 4.39 Å². The number of benzene rings is 2. The molecule has 0 fully saturated rings. The third kappa shape index (κ3) is 2.82. The molecule has 0 atom stereocenters. The molecule has 2 aromatic carbocycles. The highest BCUT2D eigenvalue weighted by Gasteiger charge is 2.10. The molecule has 0 aliphatic heterocycles. The lowest BCUT2D eigenvalue weighted by atomic mass is 10.1. The molecule has 0 aliphatic rings. The monoisotopic (exact) mass is 283 g/mol. The Hall–Kier alpha value is -2.14. The van der Waals surface area contributed by atoms with Crippen molar-refractivity contribution in [2.45, 2.75) is 6.54 Å². The molecule has 100 valence electrons. The summed E-state index contributed by atoms with van der Waals surface area (Å²) >= 11 is 5.56. The van der Waals surface area contributed by atoms with Crippen LogP contribution in [0.15, 0.2) is 30.3 Å². The van der Waals surface area contributed by atoms with Gasteiger partial charge in [-0.3, -0.25) is 0 Å². The SMILES string of the molecule is Oc1ccc(CNc2ccc(Cl)c(F)c2)c(O)c1O. The van der Waals surface area contributed by atoms with Crippen molar-refractivity contribution in [2.75, 3.05) is 5.32 Å². The molecule has 2 rings (SSSR count). The van der Waals surface area contributed by atoms with Gasteiger partial charge in [-0.15, -0.1) is 0 Å². The number of anilines is 1. The summed E-state index contributed by atoms with van der Waals surface area (Å²) in [7, 11) is 0. The zero-order valence-corrected chi connectivity index (χ0v) is 10.4. The highest BCUT2D eigenvalue weighted by atomic mass is 35.5.